The van der Waals surface area contributed by atoms with E-state index in [1.807, 2.05) is 11.3 Å². The van der Waals surface area contributed by atoms with Crippen molar-refractivity contribution in [2.24, 2.45) is 0 Å². The molecule has 0 atom stereocenters. The molecule has 0 N–H and O–H groups in total. The number of nitrogens with zero attached hydrogens (tertiary/aromatic N) is 2. The van der Waals surface area contributed by atoms with Crippen LogP contribution in [0.1, 0.15) is 208 Å². The van der Waals surface area contributed by atoms with E-state index in [9.17, 15) is 0 Å². The Morgan fingerprint density at radius 2 is 0.878 bits per heavy atom. The monoisotopic (exact) mass is 582 g/mol. The third kappa shape index (κ3) is 12.0. The van der Waals surface area contributed by atoms with Gasteiger partial charge in [0, 0.05) is 30.6 Å². The molecule has 1 aromatic rings. The van der Waals surface area contributed by atoms with Crippen molar-refractivity contribution in [1.82, 2.24) is 9.88 Å². The maximum absolute atomic E-state index is 5.38. The van der Waals surface area contributed by atoms with Crippen molar-refractivity contribution in [3.8, 4) is 0 Å². The second kappa shape index (κ2) is 20.2. The van der Waals surface area contributed by atoms with Crippen LogP contribution < -0.4 is 0 Å². The number of aromatic nitrogens is 1. The highest BCUT2D eigenvalue weighted by molar-refractivity contribution is 7.13. The molecule has 2 heterocycles. The van der Waals surface area contributed by atoms with E-state index < -0.39 is 0 Å². The van der Waals surface area contributed by atoms with Gasteiger partial charge in [0.2, 0.25) is 0 Å². The third-order valence-electron chi connectivity index (χ3n) is 10.6. The fourth-order valence-corrected chi connectivity index (χ4v) is 9.20. The summed E-state index contributed by atoms with van der Waals surface area (Å²) in [6, 6.07) is 0.689. The average Bonchev–Trinajstić information content (AvgIpc) is 3.41. The Hall–Kier alpha value is -0.830. The van der Waals surface area contributed by atoms with Crippen LogP contribution in [0.15, 0.2) is 6.58 Å². The summed E-state index contributed by atoms with van der Waals surface area (Å²) in [4.78, 5) is 9.58. The third-order valence-corrected chi connectivity index (χ3v) is 11.9. The van der Waals surface area contributed by atoms with E-state index in [-0.39, 0.29) is 0 Å². The lowest BCUT2D eigenvalue weighted by atomic mass is 9.94. The summed E-state index contributed by atoms with van der Waals surface area (Å²) in [6.07, 6.45) is 42.6. The first-order valence-electron chi connectivity index (χ1n) is 18.8. The van der Waals surface area contributed by atoms with Gasteiger partial charge in [-0.15, -0.1) is 11.3 Å². The highest BCUT2D eigenvalue weighted by Crippen LogP contribution is 2.40. The highest BCUT2D eigenvalue weighted by Gasteiger charge is 2.30. The van der Waals surface area contributed by atoms with E-state index in [1.165, 1.54) is 207 Å². The van der Waals surface area contributed by atoms with Gasteiger partial charge in [0.1, 0.15) is 0 Å². The van der Waals surface area contributed by atoms with E-state index >= 15 is 0 Å². The van der Waals surface area contributed by atoms with Crippen LogP contribution in [0.3, 0.4) is 0 Å². The molecule has 0 spiro atoms. The van der Waals surface area contributed by atoms with Crippen molar-refractivity contribution in [3.63, 3.8) is 0 Å². The zero-order valence-corrected chi connectivity index (χ0v) is 27.9. The lowest BCUT2D eigenvalue weighted by Crippen LogP contribution is -2.37. The Bertz CT molecular complexity index is 796. The molecule has 1 aromatic heterocycles. The average molecular weight is 583 g/mol. The Morgan fingerprint density at radius 1 is 0.512 bits per heavy atom. The van der Waals surface area contributed by atoms with Gasteiger partial charge in [-0.3, -0.25) is 0 Å². The second-order valence-electron chi connectivity index (χ2n) is 14.1. The van der Waals surface area contributed by atoms with E-state index in [0.717, 1.165) is 13.0 Å². The van der Waals surface area contributed by atoms with Crippen molar-refractivity contribution in [3.05, 3.63) is 22.2 Å². The van der Waals surface area contributed by atoms with Gasteiger partial charge in [0.05, 0.1) is 15.6 Å². The van der Waals surface area contributed by atoms with Crippen molar-refractivity contribution in [2.75, 3.05) is 6.54 Å². The lowest BCUT2D eigenvalue weighted by molar-refractivity contribution is 0.249. The summed E-state index contributed by atoms with van der Waals surface area (Å²) in [5.41, 5.74) is 2.71. The van der Waals surface area contributed by atoms with Gasteiger partial charge >= 0.3 is 0 Å². The zero-order valence-electron chi connectivity index (χ0n) is 27.1. The normalized spacial score (nSPS) is 24.3. The quantitative estimate of drug-likeness (QED) is 0.345. The maximum Gasteiger partial charge on any atom is 0.0966 e. The molecule has 4 rings (SSSR count). The van der Waals surface area contributed by atoms with Crippen LogP contribution in [0.25, 0.3) is 5.70 Å². The smallest absolute Gasteiger partial charge is 0.0966 e. The Balaban J connectivity index is 1.36. The summed E-state index contributed by atoms with van der Waals surface area (Å²) in [6.45, 7) is 5.90. The molecule has 2 fully saturated rings. The molecular weight excluding hydrogens is 516 g/mol. The minimum absolute atomic E-state index is 0.679. The van der Waals surface area contributed by atoms with Crippen molar-refractivity contribution in [2.45, 2.75) is 205 Å². The molecule has 0 bridgehead atoms. The summed E-state index contributed by atoms with van der Waals surface area (Å²) in [5, 5.41) is 1.46. The first-order chi connectivity index (χ1) is 20.3. The lowest BCUT2D eigenvalue weighted by Gasteiger charge is -2.38. The number of hydrogen-bond acceptors (Lipinski definition) is 3. The van der Waals surface area contributed by atoms with Crippen molar-refractivity contribution in [1.29, 1.82) is 0 Å². The largest absolute Gasteiger partial charge is 0.367 e. The topological polar surface area (TPSA) is 16.1 Å². The van der Waals surface area contributed by atoms with Crippen LogP contribution in [-0.4, -0.2) is 22.5 Å². The summed E-state index contributed by atoms with van der Waals surface area (Å²) < 4.78 is 0. The maximum atomic E-state index is 5.38. The standard InChI is InChI=1S/C38H66N2S/c1-33-37-36(31-32-40(33)35-29-25-21-17-13-9-5-6-10-14-18-22-26-30-35)39-38(41-37)34-27-23-19-15-11-7-3-2-4-8-12-16-20-24-28-34/h34-35H,1-32H2. The first kappa shape index (κ1) is 33.1. The summed E-state index contributed by atoms with van der Waals surface area (Å²) in [5.74, 6) is 0.679. The second-order valence-corrected chi connectivity index (χ2v) is 15.1. The van der Waals surface area contributed by atoms with Crippen LogP contribution >= 0.6 is 11.3 Å². The molecule has 41 heavy (non-hydrogen) atoms. The molecule has 2 saturated carbocycles. The Kier molecular flexibility index (Phi) is 16.3. The van der Waals surface area contributed by atoms with Crippen LogP contribution in [0.5, 0.6) is 0 Å². The van der Waals surface area contributed by atoms with Crippen LogP contribution in [0, 0.1) is 0 Å². The van der Waals surface area contributed by atoms with E-state index in [4.69, 9.17) is 11.6 Å². The van der Waals surface area contributed by atoms with E-state index in [0.29, 0.717) is 12.0 Å². The molecule has 1 aliphatic heterocycles. The zero-order chi connectivity index (χ0) is 28.4. The Morgan fingerprint density at radius 3 is 1.29 bits per heavy atom. The van der Waals surface area contributed by atoms with Gasteiger partial charge in [0.25, 0.3) is 0 Å². The van der Waals surface area contributed by atoms with Gasteiger partial charge < -0.3 is 4.90 Å². The van der Waals surface area contributed by atoms with Gasteiger partial charge in [-0.25, -0.2) is 4.98 Å². The molecule has 2 nitrogen and oxygen atoms in total. The fourth-order valence-electron chi connectivity index (χ4n) is 7.94. The van der Waals surface area contributed by atoms with Crippen LogP contribution in [-0.2, 0) is 6.42 Å². The van der Waals surface area contributed by atoms with Gasteiger partial charge in [0.15, 0.2) is 0 Å². The highest BCUT2D eigenvalue weighted by atomic mass is 32.1. The predicted octanol–water partition coefficient (Wildman–Crippen LogP) is 12.8. The predicted molar refractivity (Wildman–Crippen MR) is 182 cm³/mol. The number of thiazole rings is 1. The summed E-state index contributed by atoms with van der Waals surface area (Å²) >= 11 is 2.05. The Labute approximate surface area is 259 Å². The molecule has 0 amide bonds. The minimum atomic E-state index is 0.679. The number of fused-ring (bicyclic) bond motifs is 1. The molecule has 0 saturated heterocycles. The van der Waals surface area contributed by atoms with Crippen LogP contribution in [0.2, 0.25) is 0 Å². The van der Waals surface area contributed by atoms with E-state index in [1.54, 1.807) is 0 Å². The molecular formula is C38H66N2S. The SMILES string of the molecule is C=C1c2sc(C3CCCCCCCCCCCCCCC3)nc2CCN1C1CCCCCCCCCCCCCC1. The first-order valence-corrected chi connectivity index (χ1v) is 19.6. The summed E-state index contributed by atoms with van der Waals surface area (Å²) in [7, 11) is 0. The van der Waals surface area contributed by atoms with Gasteiger partial charge in [-0.05, 0) is 25.7 Å². The molecule has 0 aromatic carbocycles. The van der Waals surface area contributed by atoms with Crippen molar-refractivity contribution < 1.29 is 0 Å². The van der Waals surface area contributed by atoms with Crippen molar-refractivity contribution >= 4 is 17.0 Å². The molecule has 3 heteroatoms. The molecule has 0 unspecified atom stereocenters. The van der Waals surface area contributed by atoms with Gasteiger partial charge in [-0.2, -0.15) is 0 Å². The number of hydrogen-bond donors (Lipinski definition) is 0. The molecule has 0 radical (unpaired) electrons. The fraction of sp³-hybridized carbons (Fsp3) is 0.868. The minimum Gasteiger partial charge on any atom is -0.367 e. The molecule has 3 aliphatic rings. The van der Waals surface area contributed by atoms with Crippen LogP contribution in [0.4, 0.5) is 0 Å². The molecule has 2 aliphatic carbocycles. The number of rotatable bonds is 2. The molecule has 234 valence electrons. The van der Waals surface area contributed by atoms with Gasteiger partial charge in [-0.1, -0.05) is 167 Å². The van der Waals surface area contributed by atoms with E-state index in [2.05, 4.69) is 4.90 Å².